The van der Waals surface area contributed by atoms with E-state index in [0.717, 1.165) is 17.9 Å². The first-order valence-corrected chi connectivity index (χ1v) is 6.77. The molecule has 1 N–H and O–H groups in total. The van der Waals surface area contributed by atoms with E-state index < -0.39 is 0 Å². The quantitative estimate of drug-likeness (QED) is 0.815. The van der Waals surface area contributed by atoms with Gasteiger partial charge in [0.25, 0.3) is 0 Å². The lowest BCUT2D eigenvalue weighted by Crippen LogP contribution is -2.08. The Kier molecular flexibility index (Phi) is 4.66. The molecule has 0 amide bonds. The van der Waals surface area contributed by atoms with Crippen LogP contribution in [0.2, 0.25) is 0 Å². The summed E-state index contributed by atoms with van der Waals surface area (Å²) in [7, 11) is 0. The highest BCUT2D eigenvalue weighted by Gasteiger charge is 2.07. The second-order valence-electron chi connectivity index (χ2n) is 3.87. The maximum atomic E-state index is 9.47. The first kappa shape index (κ1) is 13.0. The van der Waals surface area contributed by atoms with Crippen molar-refractivity contribution in [2.75, 3.05) is 5.75 Å². The zero-order valence-corrected chi connectivity index (χ0v) is 11.0. The topological polar surface area (TPSA) is 47.3 Å². The molecule has 18 heavy (non-hydrogen) atoms. The van der Waals surface area contributed by atoms with Crippen molar-refractivity contribution < 1.29 is 9.29 Å². The molecule has 0 bridgehead atoms. The van der Waals surface area contributed by atoms with Crippen molar-refractivity contribution in [3.05, 3.63) is 43.0 Å². The standard InChI is InChI=1S/C13H16N2O2S/c1-2-11(16)9-18-17-13-6-4-3-5-12(13)15-8-7-14-10-15/h3-8,10-11,16H,2,9H2,1H3. The normalized spacial score (nSPS) is 12.3. The third kappa shape index (κ3) is 3.27. The van der Waals surface area contributed by atoms with Crippen LogP contribution in [0.4, 0.5) is 0 Å². The van der Waals surface area contributed by atoms with Crippen molar-refractivity contribution in [3.63, 3.8) is 0 Å². The number of imidazole rings is 1. The summed E-state index contributed by atoms with van der Waals surface area (Å²) >= 11 is 1.27. The van der Waals surface area contributed by atoms with Crippen LogP contribution < -0.4 is 4.18 Å². The minimum atomic E-state index is -0.324. The van der Waals surface area contributed by atoms with Gasteiger partial charge in [-0.3, -0.25) is 0 Å². The van der Waals surface area contributed by atoms with Crippen LogP contribution in [0.5, 0.6) is 5.75 Å². The van der Waals surface area contributed by atoms with Gasteiger partial charge in [-0.25, -0.2) is 4.98 Å². The van der Waals surface area contributed by atoms with Crippen molar-refractivity contribution >= 4 is 12.0 Å². The number of rotatable bonds is 6. The summed E-state index contributed by atoms with van der Waals surface area (Å²) in [6.07, 6.45) is 5.74. The van der Waals surface area contributed by atoms with Crippen molar-refractivity contribution in [2.24, 2.45) is 0 Å². The molecule has 0 aliphatic heterocycles. The highest BCUT2D eigenvalue weighted by molar-refractivity contribution is 7.95. The SMILES string of the molecule is CCC(O)CSOc1ccccc1-n1ccnc1. The summed E-state index contributed by atoms with van der Waals surface area (Å²) in [5.74, 6) is 1.33. The Morgan fingerprint density at radius 3 is 3.00 bits per heavy atom. The highest BCUT2D eigenvalue weighted by Crippen LogP contribution is 2.25. The minimum absolute atomic E-state index is 0.324. The van der Waals surface area contributed by atoms with E-state index in [9.17, 15) is 5.11 Å². The van der Waals surface area contributed by atoms with E-state index in [1.54, 1.807) is 12.5 Å². The van der Waals surface area contributed by atoms with E-state index in [1.165, 1.54) is 12.0 Å². The summed E-state index contributed by atoms with van der Waals surface area (Å²) < 4.78 is 7.54. The number of hydrogen-bond acceptors (Lipinski definition) is 4. The molecular formula is C13H16N2O2S. The Labute approximate surface area is 111 Å². The number of aliphatic hydroxyl groups excluding tert-OH is 1. The van der Waals surface area contributed by atoms with Crippen LogP contribution in [0.3, 0.4) is 0 Å². The van der Waals surface area contributed by atoms with E-state index in [4.69, 9.17) is 4.18 Å². The van der Waals surface area contributed by atoms with E-state index in [1.807, 2.05) is 42.0 Å². The van der Waals surface area contributed by atoms with Gasteiger partial charge in [-0.2, -0.15) is 0 Å². The molecule has 0 aliphatic carbocycles. The van der Waals surface area contributed by atoms with Gasteiger partial charge in [0.1, 0.15) is 0 Å². The van der Waals surface area contributed by atoms with E-state index >= 15 is 0 Å². The Bertz CT molecular complexity index is 474. The van der Waals surface area contributed by atoms with Crippen LogP contribution in [0.1, 0.15) is 13.3 Å². The molecular weight excluding hydrogens is 248 g/mol. The summed E-state index contributed by atoms with van der Waals surface area (Å²) in [4.78, 5) is 4.02. The van der Waals surface area contributed by atoms with Crippen LogP contribution in [0.25, 0.3) is 5.69 Å². The molecule has 0 spiro atoms. The van der Waals surface area contributed by atoms with Gasteiger partial charge in [-0.1, -0.05) is 19.1 Å². The zero-order valence-electron chi connectivity index (χ0n) is 10.2. The lowest BCUT2D eigenvalue weighted by molar-refractivity contribution is 0.194. The fourth-order valence-electron chi connectivity index (χ4n) is 1.44. The summed E-state index contributed by atoms with van der Waals surface area (Å²) in [6, 6.07) is 7.74. The molecule has 1 aromatic carbocycles. The smallest absolute Gasteiger partial charge is 0.161 e. The van der Waals surface area contributed by atoms with Crippen LogP contribution in [0, 0.1) is 0 Å². The predicted molar refractivity (Wildman–Crippen MR) is 72.9 cm³/mol. The Morgan fingerprint density at radius 1 is 1.44 bits per heavy atom. The van der Waals surface area contributed by atoms with Gasteiger partial charge in [-0.15, -0.1) is 0 Å². The molecule has 1 heterocycles. The maximum absolute atomic E-state index is 9.47. The van der Waals surface area contributed by atoms with Crippen molar-refractivity contribution in [1.29, 1.82) is 0 Å². The number of benzene rings is 1. The maximum Gasteiger partial charge on any atom is 0.161 e. The van der Waals surface area contributed by atoms with E-state index in [0.29, 0.717) is 5.75 Å². The predicted octanol–water partition coefficient (Wildman–Crippen LogP) is 2.67. The average Bonchev–Trinajstić information content (AvgIpc) is 2.93. The fraction of sp³-hybridized carbons (Fsp3) is 0.308. The van der Waals surface area contributed by atoms with Gasteiger partial charge >= 0.3 is 0 Å². The summed E-state index contributed by atoms with van der Waals surface area (Å²) in [6.45, 7) is 1.95. The lowest BCUT2D eigenvalue weighted by atomic mass is 10.3. The fourth-order valence-corrected chi connectivity index (χ4v) is 2.17. The lowest BCUT2D eigenvalue weighted by Gasteiger charge is -2.11. The zero-order chi connectivity index (χ0) is 12.8. The number of aromatic nitrogens is 2. The number of nitrogens with zero attached hydrogens (tertiary/aromatic N) is 2. The van der Waals surface area contributed by atoms with Crippen molar-refractivity contribution in [2.45, 2.75) is 19.4 Å². The Morgan fingerprint density at radius 2 is 2.28 bits per heavy atom. The van der Waals surface area contributed by atoms with E-state index in [2.05, 4.69) is 4.98 Å². The first-order chi connectivity index (χ1) is 8.81. The van der Waals surface area contributed by atoms with Crippen LogP contribution in [-0.2, 0) is 0 Å². The van der Waals surface area contributed by atoms with Crippen LogP contribution >= 0.6 is 12.0 Å². The van der Waals surface area contributed by atoms with Gasteiger partial charge < -0.3 is 13.9 Å². The molecule has 0 aliphatic rings. The molecule has 5 heteroatoms. The molecule has 1 aromatic heterocycles. The number of para-hydroxylation sites is 2. The van der Waals surface area contributed by atoms with Gasteiger partial charge in [0, 0.05) is 12.4 Å². The molecule has 96 valence electrons. The molecule has 2 aromatic rings. The third-order valence-electron chi connectivity index (χ3n) is 2.53. The van der Waals surface area contributed by atoms with Crippen LogP contribution in [0.15, 0.2) is 43.0 Å². The molecule has 0 saturated carbocycles. The average molecular weight is 264 g/mol. The highest BCUT2D eigenvalue weighted by atomic mass is 32.2. The molecule has 0 fully saturated rings. The second-order valence-corrected chi connectivity index (χ2v) is 4.60. The summed E-state index contributed by atoms with van der Waals surface area (Å²) in [5.41, 5.74) is 0.938. The summed E-state index contributed by atoms with van der Waals surface area (Å²) in [5, 5.41) is 9.47. The monoisotopic (exact) mass is 264 g/mol. The molecule has 0 radical (unpaired) electrons. The van der Waals surface area contributed by atoms with Gasteiger partial charge in [0.05, 0.1) is 35.9 Å². The molecule has 0 saturated heterocycles. The van der Waals surface area contributed by atoms with Crippen molar-refractivity contribution in [1.82, 2.24) is 9.55 Å². The first-order valence-electron chi connectivity index (χ1n) is 5.86. The number of hydrogen-bond donors (Lipinski definition) is 1. The van der Waals surface area contributed by atoms with Gasteiger partial charge in [0.15, 0.2) is 5.75 Å². The minimum Gasteiger partial charge on any atom is -0.423 e. The molecule has 2 rings (SSSR count). The third-order valence-corrected chi connectivity index (χ3v) is 3.35. The molecule has 1 unspecified atom stereocenters. The van der Waals surface area contributed by atoms with Gasteiger partial charge in [-0.05, 0) is 18.6 Å². The number of aliphatic hydroxyl groups is 1. The van der Waals surface area contributed by atoms with Gasteiger partial charge in [0.2, 0.25) is 0 Å². The van der Waals surface area contributed by atoms with Crippen LogP contribution in [-0.4, -0.2) is 26.5 Å². The van der Waals surface area contributed by atoms with E-state index in [-0.39, 0.29) is 6.10 Å². The largest absolute Gasteiger partial charge is 0.423 e. The molecule has 4 nitrogen and oxygen atoms in total. The Hall–Kier alpha value is -1.46. The van der Waals surface area contributed by atoms with Crippen molar-refractivity contribution in [3.8, 4) is 11.4 Å². The second kappa shape index (κ2) is 6.47. The molecule has 1 atom stereocenters. The Balaban J connectivity index is 2.04.